The Hall–Kier alpha value is -2.50. The lowest BCUT2D eigenvalue weighted by atomic mass is 9.66. The van der Waals surface area contributed by atoms with Gasteiger partial charge >= 0.3 is 0 Å². The number of carbonyl (C=O) groups excluding carboxylic acids is 1. The van der Waals surface area contributed by atoms with E-state index in [4.69, 9.17) is 0 Å². The van der Waals surface area contributed by atoms with Gasteiger partial charge in [-0.2, -0.15) is 0 Å². The predicted octanol–water partition coefficient (Wildman–Crippen LogP) is 4.53. The van der Waals surface area contributed by atoms with Crippen molar-refractivity contribution in [2.45, 2.75) is 75.1 Å². The highest BCUT2D eigenvalue weighted by atomic mass is 32.2. The zero-order valence-corrected chi connectivity index (χ0v) is 23.7. The van der Waals surface area contributed by atoms with Crippen molar-refractivity contribution in [2.24, 2.45) is 5.41 Å². The molecule has 3 aliphatic rings. The quantitative estimate of drug-likeness (QED) is 0.555. The summed E-state index contributed by atoms with van der Waals surface area (Å²) < 4.78 is 70.4. The molecule has 2 aliphatic carbocycles. The van der Waals surface area contributed by atoms with Crippen LogP contribution >= 0.6 is 0 Å². The molecule has 38 heavy (non-hydrogen) atoms. The molecule has 8 nitrogen and oxygen atoms in total. The van der Waals surface area contributed by atoms with E-state index < -0.39 is 42.7 Å². The molecule has 0 radical (unpaired) electrons. The number of nitrogens with one attached hydrogen (secondary N) is 2. The predicted molar refractivity (Wildman–Crippen MR) is 145 cm³/mol. The SMILES string of the molecule is CC(C)(C)NS(=O)(=O)c1cccc(C(=O)N2CC3(CCC4(CC4)CC3)c3c2ccc(NS(C)(=O)=O)c3F)c1. The van der Waals surface area contributed by atoms with E-state index in [9.17, 15) is 21.6 Å². The Balaban J connectivity index is 1.54. The minimum absolute atomic E-state index is 0.0281. The number of hydrogen-bond donors (Lipinski definition) is 2. The summed E-state index contributed by atoms with van der Waals surface area (Å²) in [6.07, 6.45) is 6.58. The summed E-state index contributed by atoms with van der Waals surface area (Å²) in [5.74, 6) is -1.08. The first-order chi connectivity index (χ1) is 17.5. The Kier molecular flexibility index (Phi) is 6.24. The minimum atomic E-state index is -3.87. The third-order valence-electron chi connectivity index (χ3n) is 8.00. The molecule has 0 atom stereocenters. The Bertz CT molecular complexity index is 1520. The van der Waals surface area contributed by atoms with Crippen LogP contribution in [-0.4, -0.2) is 41.1 Å². The second kappa shape index (κ2) is 8.76. The fraction of sp³-hybridized carbons (Fsp3) is 0.519. The van der Waals surface area contributed by atoms with Crippen LogP contribution in [-0.2, 0) is 25.5 Å². The maximum Gasteiger partial charge on any atom is 0.258 e. The van der Waals surface area contributed by atoms with Gasteiger partial charge in [0, 0.05) is 28.6 Å². The van der Waals surface area contributed by atoms with Gasteiger partial charge < -0.3 is 4.90 Å². The Morgan fingerprint density at radius 1 is 0.974 bits per heavy atom. The average molecular weight is 564 g/mol. The van der Waals surface area contributed by atoms with E-state index >= 15 is 4.39 Å². The van der Waals surface area contributed by atoms with E-state index in [0.717, 1.165) is 19.1 Å². The van der Waals surface area contributed by atoms with Gasteiger partial charge in [0.2, 0.25) is 20.0 Å². The molecule has 2 spiro atoms. The highest BCUT2D eigenvalue weighted by Gasteiger charge is 2.55. The van der Waals surface area contributed by atoms with Crippen LogP contribution in [0.5, 0.6) is 0 Å². The first-order valence-corrected chi connectivity index (χ1v) is 16.2. The number of fused-ring (bicyclic) bond motifs is 2. The Morgan fingerprint density at radius 3 is 2.18 bits per heavy atom. The second-order valence-electron chi connectivity index (χ2n) is 12.3. The number of benzene rings is 2. The second-order valence-corrected chi connectivity index (χ2v) is 15.7. The molecule has 0 aromatic heterocycles. The van der Waals surface area contributed by atoms with E-state index in [1.54, 1.807) is 32.9 Å². The summed E-state index contributed by atoms with van der Waals surface area (Å²) >= 11 is 0. The third kappa shape index (κ3) is 5.08. The zero-order valence-electron chi connectivity index (χ0n) is 22.1. The number of amides is 1. The molecular weight excluding hydrogens is 529 g/mol. The van der Waals surface area contributed by atoms with Crippen LogP contribution in [0.1, 0.15) is 75.2 Å². The van der Waals surface area contributed by atoms with Gasteiger partial charge in [0.25, 0.3) is 5.91 Å². The van der Waals surface area contributed by atoms with Gasteiger partial charge in [0.15, 0.2) is 5.82 Å². The van der Waals surface area contributed by atoms with E-state index in [-0.39, 0.29) is 22.7 Å². The Morgan fingerprint density at radius 2 is 1.61 bits per heavy atom. The van der Waals surface area contributed by atoms with Crippen LogP contribution in [0.25, 0.3) is 0 Å². The molecule has 1 aliphatic heterocycles. The van der Waals surface area contributed by atoms with Gasteiger partial charge in [-0.3, -0.25) is 9.52 Å². The van der Waals surface area contributed by atoms with Crippen molar-refractivity contribution >= 4 is 37.3 Å². The molecule has 1 amide bonds. The number of halogens is 1. The molecule has 0 saturated heterocycles. The van der Waals surface area contributed by atoms with Crippen molar-refractivity contribution in [1.29, 1.82) is 0 Å². The number of anilines is 2. The molecular formula is C27H34FN3O5S2. The molecule has 0 unspecified atom stereocenters. The largest absolute Gasteiger partial charge is 0.307 e. The summed E-state index contributed by atoms with van der Waals surface area (Å²) in [5, 5.41) is 0. The maximum absolute atomic E-state index is 16.0. The lowest BCUT2D eigenvalue weighted by molar-refractivity contribution is 0.0979. The molecule has 2 N–H and O–H groups in total. The Labute approximate surface area is 224 Å². The number of rotatable bonds is 5. The highest BCUT2D eigenvalue weighted by molar-refractivity contribution is 7.92. The molecule has 0 bridgehead atoms. The van der Waals surface area contributed by atoms with E-state index in [1.165, 1.54) is 42.0 Å². The van der Waals surface area contributed by atoms with Crippen LogP contribution in [0.3, 0.4) is 0 Å². The van der Waals surface area contributed by atoms with Crippen LogP contribution in [0.4, 0.5) is 15.8 Å². The third-order valence-corrected chi connectivity index (χ3v) is 10.3. The van der Waals surface area contributed by atoms with Crippen LogP contribution in [0, 0.1) is 11.2 Å². The zero-order chi connectivity index (χ0) is 27.7. The smallest absolute Gasteiger partial charge is 0.258 e. The topological polar surface area (TPSA) is 113 Å². The standard InChI is InChI=1S/C27H34FN3O5S2/c1-25(2,3)30-38(35,36)19-7-5-6-18(16-19)24(32)31-17-27(14-12-26(10-11-26)13-15-27)22-21(31)9-8-20(23(22)28)29-37(4,33)34/h5-9,16,29-30H,10-15,17H2,1-4H3. The fourth-order valence-corrected chi connectivity index (χ4v) is 8.00. The van der Waals surface area contributed by atoms with E-state index in [0.29, 0.717) is 29.5 Å². The number of carbonyl (C=O) groups is 1. The van der Waals surface area contributed by atoms with E-state index in [2.05, 4.69) is 9.44 Å². The first-order valence-electron chi connectivity index (χ1n) is 12.8. The van der Waals surface area contributed by atoms with Crippen molar-refractivity contribution in [3.8, 4) is 0 Å². The molecule has 2 aromatic rings. The summed E-state index contributed by atoms with van der Waals surface area (Å²) in [6.45, 7) is 5.46. The lowest BCUT2D eigenvalue weighted by Crippen LogP contribution is -2.41. The molecule has 2 fully saturated rings. The van der Waals surface area contributed by atoms with Gasteiger partial charge in [-0.15, -0.1) is 0 Å². The highest BCUT2D eigenvalue weighted by Crippen LogP contribution is 2.62. The van der Waals surface area contributed by atoms with Crippen molar-refractivity contribution in [3.63, 3.8) is 0 Å². The number of sulfonamides is 2. The molecule has 2 saturated carbocycles. The van der Waals surface area contributed by atoms with E-state index in [1.807, 2.05) is 0 Å². The minimum Gasteiger partial charge on any atom is -0.307 e. The van der Waals surface area contributed by atoms with Gasteiger partial charge in [-0.1, -0.05) is 6.07 Å². The van der Waals surface area contributed by atoms with Gasteiger partial charge in [-0.05, 0) is 95.0 Å². The van der Waals surface area contributed by atoms with Crippen molar-refractivity contribution in [1.82, 2.24) is 4.72 Å². The number of nitrogens with zero attached hydrogens (tertiary/aromatic N) is 1. The summed E-state index contributed by atoms with van der Waals surface area (Å²) in [5.41, 5.74) is -0.187. The van der Waals surface area contributed by atoms with Crippen molar-refractivity contribution in [2.75, 3.05) is 22.4 Å². The number of hydrogen-bond acceptors (Lipinski definition) is 5. The molecule has 11 heteroatoms. The van der Waals surface area contributed by atoms with Crippen LogP contribution in [0.2, 0.25) is 0 Å². The van der Waals surface area contributed by atoms with Crippen molar-refractivity contribution in [3.05, 3.63) is 53.3 Å². The molecule has 2 aromatic carbocycles. The molecule has 1 heterocycles. The molecule has 206 valence electrons. The van der Waals surface area contributed by atoms with Gasteiger partial charge in [0.1, 0.15) is 0 Å². The lowest BCUT2D eigenvalue weighted by Gasteiger charge is -2.38. The summed E-state index contributed by atoms with van der Waals surface area (Å²) in [7, 11) is -7.57. The van der Waals surface area contributed by atoms with Crippen LogP contribution < -0.4 is 14.3 Å². The average Bonchev–Trinajstić information content (AvgIpc) is 3.49. The summed E-state index contributed by atoms with van der Waals surface area (Å²) in [6, 6.07) is 8.78. The summed E-state index contributed by atoms with van der Waals surface area (Å²) in [4.78, 5) is 15.3. The van der Waals surface area contributed by atoms with Crippen molar-refractivity contribution < 1.29 is 26.0 Å². The van der Waals surface area contributed by atoms with Gasteiger partial charge in [0.05, 0.1) is 22.5 Å². The fourth-order valence-electron chi connectivity index (χ4n) is 5.98. The maximum atomic E-state index is 16.0. The van der Waals surface area contributed by atoms with Crippen LogP contribution in [0.15, 0.2) is 41.3 Å². The normalized spacial score (nSPS) is 20.0. The van der Waals surface area contributed by atoms with Gasteiger partial charge in [-0.25, -0.2) is 25.9 Å². The monoisotopic (exact) mass is 563 g/mol. The molecule has 5 rings (SSSR count). The first kappa shape index (κ1) is 27.1.